The van der Waals surface area contributed by atoms with Gasteiger partial charge in [-0.1, -0.05) is 37.8 Å². The first-order valence-corrected chi connectivity index (χ1v) is 7.11. The SMILES string of the molecule is C=CCN(C/C=C/C(C)N(CC=C)C(=O)C=C)C(=O)CC. The molecule has 0 rings (SSSR count). The van der Waals surface area contributed by atoms with Gasteiger partial charge in [-0.25, -0.2) is 0 Å². The molecule has 116 valence electrons. The fourth-order valence-corrected chi connectivity index (χ4v) is 1.86. The van der Waals surface area contributed by atoms with Crippen molar-refractivity contribution in [3.05, 3.63) is 50.1 Å². The molecule has 0 aromatic heterocycles. The largest absolute Gasteiger partial charge is 0.335 e. The molecular formula is C17H26N2O2. The third-order valence-corrected chi connectivity index (χ3v) is 3.02. The van der Waals surface area contributed by atoms with E-state index in [4.69, 9.17) is 0 Å². The maximum atomic E-state index is 11.7. The summed E-state index contributed by atoms with van der Waals surface area (Å²) in [4.78, 5) is 26.8. The van der Waals surface area contributed by atoms with Crippen LogP contribution < -0.4 is 0 Å². The standard InChI is InChI=1S/C17H26N2O2/c1-6-12-18(16(20)8-3)14-10-11-15(5)19(13-7-2)17(21)9-4/h6-7,9-11,15H,1-2,4,8,12-14H2,3,5H3/b11-10+. The minimum absolute atomic E-state index is 0.0809. The van der Waals surface area contributed by atoms with Crippen LogP contribution in [0.15, 0.2) is 50.1 Å². The fourth-order valence-electron chi connectivity index (χ4n) is 1.86. The number of carbonyl (C=O) groups excluding carboxylic acids is 2. The first-order valence-electron chi connectivity index (χ1n) is 7.11. The zero-order chi connectivity index (χ0) is 16.3. The molecule has 0 aliphatic rings. The highest BCUT2D eigenvalue weighted by Crippen LogP contribution is 2.04. The third-order valence-electron chi connectivity index (χ3n) is 3.02. The minimum Gasteiger partial charge on any atom is -0.335 e. The van der Waals surface area contributed by atoms with Crippen LogP contribution in [-0.2, 0) is 9.59 Å². The Balaban J connectivity index is 4.71. The second-order valence-electron chi connectivity index (χ2n) is 4.59. The molecule has 2 amide bonds. The van der Waals surface area contributed by atoms with Crippen LogP contribution in [0.5, 0.6) is 0 Å². The summed E-state index contributed by atoms with van der Waals surface area (Å²) in [6, 6.07) is -0.0872. The van der Waals surface area contributed by atoms with Crippen molar-refractivity contribution in [1.82, 2.24) is 9.80 Å². The van der Waals surface area contributed by atoms with Gasteiger partial charge in [0, 0.05) is 32.1 Å². The van der Waals surface area contributed by atoms with Crippen LogP contribution in [0.1, 0.15) is 20.3 Å². The number of hydrogen-bond donors (Lipinski definition) is 0. The topological polar surface area (TPSA) is 40.6 Å². The van der Waals surface area contributed by atoms with Crippen molar-refractivity contribution in [3.63, 3.8) is 0 Å². The summed E-state index contributed by atoms with van der Waals surface area (Å²) >= 11 is 0. The second kappa shape index (κ2) is 10.7. The highest BCUT2D eigenvalue weighted by Gasteiger charge is 2.14. The number of carbonyl (C=O) groups is 2. The first kappa shape index (κ1) is 18.9. The number of rotatable bonds is 10. The Bertz CT molecular complexity index is 413. The fraction of sp³-hybridized carbons (Fsp3) is 0.412. The van der Waals surface area contributed by atoms with Crippen molar-refractivity contribution in [3.8, 4) is 0 Å². The Kier molecular flexibility index (Phi) is 9.59. The van der Waals surface area contributed by atoms with Gasteiger partial charge in [0.25, 0.3) is 0 Å². The molecule has 0 heterocycles. The summed E-state index contributed by atoms with van der Waals surface area (Å²) in [5, 5.41) is 0. The van der Waals surface area contributed by atoms with Crippen LogP contribution in [0.3, 0.4) is 0 Å². The molecule has 0 saturated carbocycles. The van der Waals surface area contributed by atoms with E-state index in [0.717, 1.165) is 0 Å². The lowest BCUT2D eigenvalue weighted by molar-refractivity contribution is -0.130. The van der Waals surface area contributed by atoms with Crippen molar-refractivity contribution < 1.29 is 9.59 Å². The molecule has 0 aliphatic carbocycles. The van der Waals surface area contributed by atoms with Gasteiger partial charge in [-0.05, 0) is 13.0 Å². The van der Waals surface area contributed by atoms with Crippen molar-refractivity contribution >= 4 is 11.8 Å². The molecular weight excluding hydrogens is 264 g/mol. The molecule has 0 spiro atoms. The number of nitrogens with zero attached hydrogens (tertiary/aromatic N) is 2. The molecule has 0 bridgehead atoms. The van der Waals surface area contributed by atoms with Gasteiger partial charge >= 0.3 is 0 Å². The van der Waals surface area contributed by atoms with Crippen LogP contribution in [-0.4, -0.2) is 47.3 Å². The van der Waals surface area contributed by atoms with Gasteiger partial charge in [0.05, 0.1) is 0 Å². The summed E-state index contributed by atoms with van der Waals surface area (Å²) in [5.41, 5.74) is 0. The van der Waals surface area contributed by atoms with E-state index in [-0.39, 0.29) is 17.9 Å². The van der Waals surface area contributed by atoms with Gasteiger partial charge in [0.2, 0.25) is 11.8 Å². The van der Waals surface area contributed by atoms with Crippen molar-refractivity contribution in [2.45, 2.75) is 26.3 Å². The van der Waals surface area contributed by atoms with Gasteiger partial charge in [0.1, 0.15) is 0 Å². The molecule has 0 aliphatic heterocycles. The second-order valence-corrected chi connectivity index (χ2v) is 4.59. The van der Waals surface area contributed by atoms with E-state index in [1.165, 1.54) is 6.08 Å². The Labute approximate surface area is 128 Å². The first-order chi connectivity index (χ1) is 10.0. The molecule has 1 atom stereocenters. The van der Waals surface area contributed by atoms with Crippen LogP contribution >= 0.6 is 0 Å². The molecule has 4 heteroatoms. The maximum absolute atomic E-state index is 11.7. The molecule has 4 nitrogen and oxygen atoms in total. The summed E-state index contributed by atoms with van der Waals surface area (Å²) in [6.45, 7) is 16.0. The number of hydrogen-bond acceptors (Lipinski definition) is 2. The van der Waals surface area contributed by atoms with Gasteiger partial charge in [-0.3, -0.25) is 9.59 Å². The molecule has 0 aromatic carbocycles. The molecule has 1 unspecified atom stereocenters. The molecule has 0 aromatic rings. The average Bonchev–Trinajstić information content (AvgIpc) is 2.49. The molecule has 0 fully saturated rings. The maximum Gasteiger partial charge on any atom is 0.246 e. The predicted octanol–water partition coefficient (Wildman–Crippen LogP) is 2.56. The van der Waals surface area contributed by atoms with Gasteiger partial charge < -0.3 is 9.80 Å². The van der Waals surface area contributed by atoms with Crippen LogP contribution in [0, 0.1) is 0 Å². The van der Waals surface area contributed by atoms with Crippen LogP contribution in [0.25, 0.3) is 0 Å². The van der Waals surface area contributed by atoms with E-state index in [1.807, 2.05) is 26.0 Å². The van der Waals surface area contributed by atoms with Crippen LogP contribution in [0.2, 0.25) is 0 Å². The lowest BCUT2D eigenvalue weighted by Crippen LogP contribution is -2.37. The van der Waals surface area contributed by atoms with E-state index >= 15 is 0 Å². The quantitative estimate of drug-likeness (QED) is 0.458. The average molecular weight is 290 g/mol. The smallest absolute Gasteiger partial charge is 0.246 e. The Morgan fingerprint density at radius 3 is 2.19 bits per heavy atom. The number of amides is 2. The third kappa shape index (κ3) is 6.75. The zero-order valence-corrected chi connectivity index (χ0v) is 13.1. The summed E-state index contributed by atoms with van der Waals surface area (Å²) in [7, 11) is 0. The lowest BCUT2D eigenvalue weighted by atomic mass is 10.2. The van der Waals surface area contributed by atoms with Crippen molar-refractivity contribution in [2.75, 3.05) is 19.6 Å². The van der Waals surface area contributed by atoms with Crippen molar-refractivity contribution in [1.29, 1.82) is 0 Å². The predicted molar refractivity (Wildman–Crippen MR) is 87.8 cm³/mol. The summed E-state index contributed by atoms with van der Waals surface area (Å²) in [6.07, 6.45) is 8.94. The Morgan fingerprint density at radius 1 is 1.10 bits per heavy atom. The molecule has 21 heavy (non-hydrogen) atoms. The zero-order valence-electron chi connectivity index (χ0n) is 13.1. The lowest BCUT2D eigenvalue weighted by Gasteiger charge is -2.25. The van der Waals surface area contributed by atoms with Crippen LogP contribution in [0.4, 0.5) is 0 Å². The minimum atomic E-state index is -0.139. The highest BCUT2D eigenvalue weighted by molar-refractivity contribution is 5.87. The normalized spacial score (nSPS) is 11.7. The summed E-state index contributed by atoms with van der Waals surface area (Å²) in [5.74, 6) is -0.0584. The Hall–Kier alpha value is -2.10. The molecule has 0 N–H and O–H groups in total. The van der Waals surface area contributed by atoms with E-state index < -0.39 is 0 Å². The van der Waals surface area contributed by atoms with Crippen molar-refractivity contribution in [2.24, 2.45) is 0 Å². The monoisotopic (exact) mass is 290 g/mol. The van der Waals surface area contributed by atoms with E-state index in [9.17, 15) is 9.59 Å². The van der Waals surface area contributed by atoms with E-state index in [1.54, 1.807) is 22.0 Å². The van der Waals surface area contributed by atoms with Gasteiger partial charge in [-0.15, -0.1) is 13.2 Å². The molecule has 0 radical (unpaired) electrons. The summed E-state index contributed by atoms with van der Waals surface area (Å²) < 4.78 is 0. The molecule has 0 saturated heterocycles. The van der Waals surface area contributed by atoms with Gasteiger partial charge in [0.15, 0.2) is 0 Å². The van der Waals surface area contributed by atoms with Gasteiger partial charge in [-0.2, -0.15) is 0 Å². The highest BCUT2D eigenvalue weighted by atomic mass is 16.2. The Morgan fingerprint density at radius 2 is 1.71 bits per heavy atom. The van der Waals surface area contributed by atoms with E-state index in [2.05, 4.69) is 19.7 Å². The van der Waals surface area contributed by atoms with E-state index in [0.29, 0.717) is 26.1 Å².